The second-order valence-electron chi connectivity index (χ2n) is 4.58. The average molecular weight is 224 g/mol. The average Bonchev–Trinajstić information content (AvgIpc) is 2.30. The molecule has 2 rings (SSSR count). The maximum absolute atomic E-state index is 4.53. The van der Waals surface area contributed by atoms with Crippen LogP contribution in [0.15, 0.2) is 16.8 Å². The molecular weight excluding hydrogens is 204 g/mol. The topological polar surface area (TPSA) is 15.6 Å². The Bertz CT molecular complexity index is 277. The summed E-state index contributed by atoms with van der Waals surface area (Å²) in [7, 11) is 2.20. The van der Waals surface area contributed by atoms with Crippen LogP contribution in [-0.4, -0.2) is 28.9 Å². The SMILES string of the molecule is CC1=CN=C(N(C)C2CCCCC2)SC1. The summed E-state index contributed by atoms with van der Waals surface area (Å²) in [5, 5.41) is 1.22. The van der Waals surface area contributed by atoms with E-state index in [1.54, 1.807) is 0 Å². The lowest BCUT2D eigenvalue weighted by Crippen LogP contribution is -2.37. The minimum atomic E-state index is 0.733. The molecule has 0 aromatic rings. The van der Waals surface area contributed by atoms with Crippen molar-refractivity contribution in [2.45, 2.75) is 45.1 Å². The minimum absolute atomic E-state index is 0.733. The molecule has 0 radical (unpaired) electrons. The molecule has 0 saturated heterocycles. The van der Waals surface area contributed by atoms with Crippen molar-refractivity contribution in [2.75, 3.05) is 12.8 Å². The fraction of sp³-hybridized carbons (Fsp3) is 0.750. The van der Waals surface area contributed by atoms with Crippen molar-refractivity contribution in [1.82, 2.24) is 4.90 Å². The first-order valence-electron chi connectivity index (χ1n) is 5.86. The van der Waals surface area contributed by atoms with Crippen LogP contribution in [0.4, 0.5) is 0 Å². The van der Waals surface area contributed by atoms with Gasteiger partial charge in [-0.25, -0.2) is 4.99 Å². The summed E-state index contributed by atoms with van der Waals surface area (Å²) in [5.41, 5.74) is 1.38. The zero-order valence-corrected chi connectivity index (χ0v) is 10.5. The van der Waals surface area contributed by atoms with Crippen molar-refractivity contribution in [2.24, 2.45) is 4.99 Å². The van der Waals surface area contributed by atoms with E-state index >= 15 is 0 Å². The van der Waals surface area contributed by atoms with Gasteiger partial charge in [0.2, 0.25) is 0 Å². The van der Waals surface area contributed by atoms with Gasteiger partial charge in [-0.2, -0.15) is 0 Å². The van der Waals surface area contributed by atoms with Crippen molar-refractivity contribution >= 4 is 16.9 Å². The third kappa shape index (κ3) is 2.77. The van der Waals surface area contributed by atoms with E-state index in [-0.39, 0.29) is 0 Å². The summed E-state index contributed by atoms with van der Waals surface area (Å²) in [6.45, 7) is 2.15. The van der Waals surface area contributed by atoms with Crippen molar-refractivity contribution in [3.8, 4) is 0 Å². The molecule has 1 fully saturated rings. The van der Waals surface area contributed by atoms with Crippen LogP contribution in [0.25, 0.3) is 0 Å². The number of hydrogen-bond acceptors (Lipinski definition) is 3. The molecule has 1 heterocycles. The Morgan fingerprint density at radius 2 is 2.07 bits per heavy atom. The van der Waals surface area contributed by atoms with Gasteiger partial charge >= 0.3 is 0 Å². The van der Waals surface area contributed by atoms with Crippen molar-refractivity contribution in [3.63, 3.8) is 0 Å². The van der Waals surface area contributed by atoms with E-state index in [2.05, 4.69) is 23.9 Å². The molecule has 2 nitrogen and oxygen atoms in total. The molecule has 1 aliphatic heterocycles. The number of aliphatic imine (C=N–C) groups is 1. The Morgan fingerprint density at radius 1 is 1.33 bits per heavy atom. The summed E-state index contributed by atoms with van der Waals surface area (Å²) < 4.78 is 0. The Balaban J connectivity index is 1.97. The number of nitrogens with zero attached hydrogens (tertiary/aromatic N) is 2. The molecule has 0 atom stereocenters. The molecule has 1 saturated carbocycles. The molecule has 0 N–H and O–H groups in total. The third-order valence-electron chi connectivity index (χ3n) is 3.25. The second kappa shape index (κ2) is 5.06. The highest BCUT2D eigenvalue weighted by atomic mass is 32.2. The van der Waals surface area contributed by atoms with Crippen LogP contribution in [0, 0.1) is 0 Å². The first kappa shape index (κ1) is 11.1. The molecule has 0 bridgehead atoms. The molecule has 0 aromatic carbocycles. The zero-order chi connectivity index (χ0) is 10.7. The lowest BCUT2D eigenvalue weighted by atomic mass is 9.95. The van der Waals surface area contributed by atoms with Gasteiger partial charge in [0.1, 0.15) is 0 Å². The smallest absolute Gasteiger partial charge is 0.164 e. The second-order valence-corrected chi connectivity index (χ2v) is 5.52. The van der Waals surface area contributed by atoms with Gasteiger partial charge < -0.3 is 4.90 Å². The largest absolute Gasteiger partial charge is 0.351 e. The summed E-state index contributed by atoms with van der Waals surface area (Å²) in [5.74, 6) is 1.11. The van der Waals surface area contributed by atoms with Gasteiger partial charge in [-0.15, -0.1) is 0 Å². The predicted octanol–water partition coefficient (Wildman–Crippen LogP) is 3.26. The van der Waals surface area contributed by atoms with Gasteiger partial charge in [-0.3, -0.25) is 0 Å². The standard InChI is InChI=1S/C12H20N2S/c1-10-8-13-12(15-9-10)14(2)11-6-4-3-5-7-11/h8,11H,3-7,9H2,1-2H3. The monoisotopic (exact) mass is 224 g/mol. The lowest BCUT2D eigenvalue weighted by Gasteiger charge is -2.33. The Morgan fingerprint density at radius 3 is 2.67 bits per heavy atom. The fourth-order valence-corrected chi connectivity index (χ4v) is 3.15. The lowest BCUT2D eigenvalue weighted by molar-refractivity contribution is 0.282. The minimum Gasteiger partial charge on any atom is -0.351 e. The van der Waals surface area contributed by atoms with Crippen LogP contribution in [0.1, 0.15) is 39.0 Å². The molecule has 84 valence electrons. The Kier molecular flexibility index (Phi) is 3.73. The molecule has 15 heavy (non-hydrogen) atoms. The van der Waals surface area contributed by atoms with E-state index in [1.165, 1.54) is 42.8 Å². The maximum atomic E-state index is 4.53. The highest BCUT2D eigenvalue weighted by Crippen LogP contribution is 2.26. The van der Waals surface area contributed by atoms with Gasteiger partial charge in [-0.05, 0) is 25.3 Å². The number of hydrogen-bond donors (Lipinski definition) is 0. The summed E-state index contributed by atoms with van der Waals surface area (Å²) in [6.07, 6.45) is 8.91. The van der Waals surface area contributed by atoms with Crippen LogP contribution in [0.3, 0.4) is 0 Å². The number of thioether (sulfide) groups is 1. The van der Waals surface area contributed by atoms with E-state index in [0.717, 1.165) is 11.8 Å². The molecule has 0 spiro atoms. The van der Waals surface area contributed by atoms with Gasteiger partial charge in [0.05, 0.1) is 0 Å². The van der Waals surface area contributed by atoms with Crippen LogP contribution < -0.4 is 0 Å². The zero-order valence-electron chi connectivity index (χ0n) is 9.70. The van der Waals surface area contributed by atoms with Crippen molar-refractivity contribution < 1.29 is 0 Å². The Labute approximate surface area is 96.8 Å². The molecule has 0 aromatic heterocycles. The summed E-state index contributed by atoms with van der Waals surface area (Å²) in [6, 6.07) is 0.733. The Hall–Kier alpha value is -0.440. The van der Waals surface area contributed by atoms with Gasteiger partial charge in [0, 0.05) is 25.0 Å². The molecule has 3 heteroatoms. The van der Waals surface area contributed by atoms with E-state index < -0.39 is 0 Å². The normalized spacial score (nSPS) is 23.3. The van der Waals surface area contributed by atoms with Crippen LogP contribution >= 0.6 is 11.8 Å². The number of rotatable bonds is 1. The van der Waals surface area contributed by atoms with Gasteiger partial charge in [0.25, 0.3) is 0 Å². The molecule has 2 aliphatic rings. The van der Waals surface area contributed by atoms with E-state index in [9.17, 15) is 0 Å². The fourth-order valence-electron chi connectivity index (χ4n) is 2.24. The molecular formula is C12H20N2S. The predicted molar refractivity (Wildman–Crippen MR) is 68.3 cm³/mol. The molecule has 0 amide bonds. The molecule has 0 unspecified atom stereocenters. The van der Waals surface area contributed by atoms with Gasteiger partial charge in [-0.1, -0.05) is 31.0 Å². The highest BCUT2D eigenvalue weighted by molar-refractivity contribution is 8.14. The van der Waals surface area contributed by atoms with E-state index in [1.807, 2.05) is 18.0 Å². The molecule has 1 aliphatic carbocycles. The summed E-state index contributed by atoms with van der Waals surface area (Å²) >= 11 is 1.88. The van der Waals surface area contributed by atoms with Crippen LogP contribution in [0.5, 0.6) is 0 Å². The summed E-state index contributed by atoms with van der Waals surface area (Å²) in [4.78, 5) is 6.92. The quantitative estimate of drug-likeness (QED) is 0.679. The first-order chi connectivity index (χ1) is 7.27. The van der Waals surface area contributed by atoms with Gasteiger partial charge in [0.15, 0.2) is 5.17 Å². The highest BCUT2D eigenvalue weighted by Gasteiger charge is 2.21. The first-order valence-corrected chi connectivity index (χ1v) is 6.85. The number of amidine groups is 1. The van der Waals surface area contributed by atoms with Crippen LogP contribution in [-0.2, 0) is 0 Å². The maximum Gasteiger partial charge on any atom is 0.164 e. The van der Waals surface area contributed by atoms with E-state index in [4.69, 9.17) is 0 Å². The van der Waals surface area contributed by atoms with E-state index in [0.29, 0.717) is 0 Å². The third-order valence-corrected chi connectivity index (χ3v) is 4.50. The van der Waals surface area contributed by atoms with Crippen LogP contribution in [0.2, 0.25) is 0 Å². The van der Waals surface area contributed by atoms with Crippen molar-refractivity contribution in [3.05, 3.63) is 11.8 Å². The van der Waals surface area contributed by atoms with Crippen molar-refractivity contribution in [1.29, 1.82) is 0 Å².